The smallest absolute Gasteiger partial charge is 0.387 e. The molecule has 0 aliphatic rings. The van der Waals surface area contributed by atoms with Crippen LogP contribution in [0, 0.1) is 13.8 Å². The largest absolute Gasteiger partial charge is 0.433 e. The van der Waals surface area contributed by atoms with Crippen molar-refractivity contribution in [1.82, 2.24) is 0 Å². The van der Waals surface area contributed by atoms with E-state index in [0.717, 1.165) is 5.56 Å². The molecule has 0 aromatic heterocycles. The van der Waals surface area contributed by atoms with E-state index in [1.807, 2.05) is 6.92 Å². The number of halogens is 3. The molecule has 0 unspecified atom stereocenters. The number of rotatable bonds is 2. The van der Waals surface area contributed by atoms with Crippen molar-refractivity contribution >= 4 is 11.6 Å². The minimum Gasteiger partial charge on any atom is -0.433 e. The van der Waals surface area contributed by atoms with Crippen molar-refractivity contribution in [3.8, 4) is 5.75 Å². The number of alkyl halides is 2. The highest BCUT2D eigenvalue weighted by Gasteiger charge is 2.11. The fraction of sp³-hybridized carbons (Fsp3) is 0.333. The normalized spacial score (nSPS) is 10.6. The Morgan fingerprint density at radius 2 is 1.92 bits per heavy atom. The topological polar surface area (TPSA) is 9.23 Å². The molecule has 0 atom stereocenters. The summed E-state index contributed by atoms with van der Waals surface area (Å²) in [6.45, 7) is 0.681. The van der Waals surface area contributed by atoms with Crippen molar-refractivity contribution in [2.45, 2.75) is 20.5 Å². The average molecular weight is 207 g/mol. The van der Waals surface area contributed by atoms with Gasteiger partial charge in [-0.1, -0.05) is 17.7 Å². The van der Waals surface area contributed by atoms with Crippen LogP contribution in [-0.2, 0) is 0 Å². The van der Waals surface area contributed by atoms with Crippen LogP contribution >= 0.6 is 11.6 Å². The van der Waals surface area contributed by atoms with Gasteiger partial charge in [0.1, 0.15) is 5.75 Å². The van der Waals surface area contributed by atoms with E-state index in [1.165, 1.54) is 0 Å². The van der Waals surface area contributed by atoms with Crippen LogP contribution in [0.3, 0.4) is 0 Å². The van der Waals surface area contributed by atoms with E-state index in [4.69, 9.17) is 11.6 Å². The molecule has 0 fully saturated rings. The van der Waals surface area contributed by atoms with Crippen molar-refractivity contribution < 1.29 is 13.5 Å². The second-order valence-corrected chi connectivity index (χ2v) is 3.18. The quantitative estimate of drug-likeness (QED) is 0.719. The first-order chi connectivity index (χ1) is 6.00. The molecular formula is C9H9ClF2O. The Balaban J connectivity index is 3.06. The van der Waals surface area contributed by atoms with Crippen LogP contribution in [0.1, 0.15) is 11.1 Å². The Hall–Kier alpha value is -0.830. The third kappa shape index (κ3) is 2.56. The van der Waals surface area contributed by atoms with Crippen molar-refractivity contribution in [3.05, 3.63) is 28.3 Å². The van der Waals surface area contributed by atoms with Crippen molar-refractivity contribution in [2.24, 2.45) is 0 Å². The van der Waals surface area contributed by atoms with Crippen LogP contribution in [0.25, 0.3) is 0 Å². The van der Waals surface area contributed by atoms with Crippen molar-refractivity contribution in [3.63, 3.8) is 0 Å². The zero-order valence-corrected chi connectivity index (χ0v) is 8.03. The molecule has 0 spiro atoms. The summed E-state index contributed by atoms with van der Waals surface area (Å²) in [7, 11) is 0. The molecule has 0 aliphatic carbocycles. The fourth-order valence-electron chi connectivity index (χ4n) is 1.14. The van der Waals surface area contributed by atoms with Crippen molar-refractivity contribution in [2.75, 3.05) is 0 Å². The van der Waals surface area contributed by atoms with Gasteiger partial charge in [0.15, 0.2) is 0 Å². The van der Waals surface area contributed by atoms with Gasteiger partial charge in [-0.15, -0.1) is 0 Å². The van der Waals surface area contributed by atoms with Gasteiger partial charge in [-0.2, -0.15) is 8.78 Å². The first-order valence-electron chi connectivity index (χ1n) is 3.72. The molecule has 72 valence electrons. The van der Waals surface area contributed by atoms with E-state index in [0.29, 0.717) is 5.56 Å². The Morgan fingerprint density at radius 3 is 2.38 bits per heavy atom. The lowest BCUT2D eigenvalue weighted by molar-refractivity contribution is -0.0502. The highest BCUT2D eigenvalue weighted by molar-refractivity contribution is 6.32. The van der Waals surface area contributed by atoms with E-state index in [2.05, 4.69) is 4.74 Å². The van der Waals surface area contributed by atoms with Gasteiger partial charge in [0.2, 0.25) is 0 Å². The number of aryl methyl sites for hydroxylation is 2. The summed E-state index contributed by atoms with van der Waals surface area (Å²) in [5.41, 5.74) is 1.54. The molecule has 1 nitrogen and oxygen atoms in total. The first kappa shape index (κ1) is 10.3. The minimum atomic E-state index is -2.83. The maximum atomic E-state index is 11.9. The summed E-state index contributed by atoms with van der Waals surface area (Å²) in [5, 5.41) is 0.220. The molecule has 1 aromatic rings. The van der Waals surface area contributed by atoms with Crippen molar-refractivity contribution in [1.29, 1.82) is 0 Å². The molecule has 0 amide bonds. The molecular weight excluding hydrogens is 198 g/mol. The summed E-state index contributed by atoms with van der Waals surface area (Å²) in [6, 6.07) is 3.33. The monoisotopic (exact) mass is 206 g/mol. The van der Waals surface area contributed by atoms with Gasteiger partial charge >= 0.3 is 6.61 Å². The molecule has 13 heavy (non-hydrogen) atoms. The Kier molecular flexibility index (Phi) is 3.09. The van der Waals surface area contributed by atoms with Gasteiger partial charge in [0, 0.05) is 0 Å². The molecule has 0 saturated carbocycles. The van der Waals surface area contributed by atoms with Crippen LogP contribution in [0.5, 0.6) is 5.75 Å². The SMILES string of the molecule is Cc1cc(C)c(OC(F)F)c(Cl)c1. The molecule has 0 bridgehead atoms. The second-order valence-electron chi connectivity index (χ2n) is 2.77. The number of ether oxygens (including phenoxy) is 1. The molecule has 0 heterocycles. The summed E-state index contributed by atoms with van der Waals surface area (Å²) >= 11 is 5.72. The lowest BCUT2D eigenvalue weighted by atomic mass is 10.1. The van der Waals surface area contributed by atoms with Crippen LogP contribution in [0.2, 0.25) is 5.02 Å². The molecule has 0 saturated heterocycles. The minimum absolute atomic E-state index is 0.0577. The van der Waals surface area contributed by atoms with E-state index >= 15 is 0 Å². The van der Waals surface area contributed by atoms with Crippen LogP contribution in [0.15, 0.2) is 12.1 Å². The van der Waals surface area contributed by atoms with Gasteiger partial charge in [0.25, 0.3) is 0 Å². The standard InChI is InChI=1S/C9H9ClF2O/c1-5-3-6(2)8(7(10)4-5)13-9(11)12/h3-4,9H,1-2H3. The highest BCUT2D eigenvalue weighted by Crippen LogP contribution is 2.30. The third-order valence-corrected chi connectivity index (χ3v) is 1.86. The van der Waals surface area contributed by atoms with Gasteiger partial charge in [0.05, 0.1) is 5.02 Å². The van der Waals surface area contributed by atoms with Crippen LogP contribution in [0.4, 0.5) is 8.78 Å². The summed E-state index contributed by atoms with van der Waals surface area (Å²) in [5.74, 6) is 0.0577. The Labute approximate surface area is 80.3 Å². The molecule has 1 aromatic carbocycles. The predicted octanol–water partition coefficient (Wildman–Crippen LogP) is 3.56. The summed E-state index contributed by atoms with van der Waals surface area (Å²) in [4.78, 5) is 0. The number of hydrogen-bond acceptors (Lipinski definition) is 1. The zero-order chi connectivity index (χ0) is 10.0. The summed E-state index contributed by atoms with van der Waals surface area (Å²) < 4.78 is 28.1. The van der Waals surface area contributed by atoms with E-state index in [9.17, 15) is 8.78 Å². The maximum Gasteiger partial charge on any atom is 0.387 e. The number of benzene rings is 1. The average Bonchev–Trinajstić information content (AvgIpc) is 1.96. The van der Waals surface area contributed by atoms with E-state index in [1.54, 1.807) is 19.1 Å². The van der Waals surface area contributed by atoms with E-state index < -0.39 is 6.61 Å². The van der Waals surface area contributed by atoms with Gasteiger partial charge in [-0.25, -0.2) is 0 Å². The lowest BCUT2D eigenvalue weighted by Crippen LogP contribution is -2.04. The maximum absolute atomic E-state index is 11.9. The lowest BCUT2D eigenvalue weighted by Gasteiger charge is -2.10. The van der Waals surface area contributed by atoms with Gasteiger partial charge in [-0.3, -0.25) is 0 Å². The first-order valence-corrected chi connectivity index (χ1v) is 4.10. The van der Waals surface area contributed by atoms with Crippen LogP contribution in [-0.4, -0.2) is 6.61 Å². The van der Waals surface area contributed by atoms with Gasteiger partial charge in [-0.05, 0) is 31.0 Å². The Morgan fingerprint density at radius 1 is 1.31 bits per heavy atom. The zero-order valence-electron chi connectivity index (χ0n) is 7.27. The summed E-state index contributed by atoms with van der Waals surface area (Å²) in [6.07, 6.45) is 0. The molecule has 0 radical (unpaired) electrons. The second kappa shape index (κ2) is 3.92. The van der Waals surface area contributed by atoms with E-state index in [-0.39, 0.29) is 10.8 Å². The van der Waals surface area contributed by atoms with Crippen LogP contribution < -0.4 is 4.74 Å². The Bertz CT molecular complexity index is 289. The molecule has 0 aliphatic heterocycles. The van der Waals surface area contributed by atoms with Gasteiger partial charge < -0.3 is 4.74 Å². The fourth-order valence-corrected chi connectivity index (χ4v) is 1.51. The molecule has 4 heteroatoms. The predicted molar refractivity (Wildman–Crippen MR) is 47.6 cm³/mol. The highest BCUT2D eigenvalue weighted by atomic mass is 35.5. The third-order valence-electron chi connectivity index (χ3n) is 1.58. The molecule has 1 rings (SSSR count). The molecule has 0 N–H and O–H groups in total. The number of hydrogen-bond donors (Lipinski definition) is 0.